The van der Waals surface area contributed by atoms with E-state index in [0.29, 0.717) is 0 Å². The van der Waals surface area contributed by atoms with Crippen molar-refractivity contribution in [1.29, 1.82) is 22.1 Å². The second kappa shape index (κ2) is 22.5. The molecule has 0 saturated carbocycles. The topological polar surface area (TPSA) is 241 Å². The van der Waals surface area contributed by atoms with Crippen molar-refractivity contribution in [2.24, 2.45) is 0 Å². The Hall–Kier alpha value is -4.94. The van der Waals surface area contributed by atoms with Gasteiger partial charge in [0, 0.05) is 16.8 Å². The first-order valence-electron chi connectivity index (χ1n) is 10.2. The number of nitrogens with one attached hydrogen (secondary N) is 4. The summed E-state index contributed by atoms with van der Waals surface area (Å²) in [7, 11) is -1.91. The van der Waals surface area contributed by atoms with Gasteiger partial charge in [-0.3, -0.25) is 0 Å². The molecule has 4 N–H and O–H groups in total. The zero-order valence-corrected chi connectivity index (χ0v) is 21.8. The third-order valence-corrected chi connectivity index (χ3v) is 8.86. The fourth-order valence-corrected chi connectivity index (χ4v) is 7.77. The third-order valence-electron chi connectivity index (χ3n) is 4.57. The Morgan fingerprint density at radius 1 is 0.368 bits per heavy atom. The summed E-state index contributed by atoms with van der Waals surface area (Å²) in [6.07, 6.45) is 0. The Morgan fingerprint density at radius 3 is 0.632 bits per heavy atom. The molecular weight excluding hydrogens is 546 g/mol. The van der Waals surface area contributed by atoms with Gasteiger partial charge in [-0.05, 0) is 90.3 Å². The van der Waals surface area contributed by atoms with Crippen LogP contribution in [0, 0.1) is 22.1 Å². The SMILES string of the molecule is [Co].[N-]=[N+]=N.[N-]=[N+]=N.[N-]=[N+]=N.[N-]=[N+]=N.c1ccc([P+](c2ccccc2)(c2ccccc2)c2ccccc2)cc1. The van der Waals surface area contributed by atoms with Gasteiger partial charge in [-0.2, -0.15) is 0 Å². The maximum atomic E-state index is 6.86. The van der Waals surface area contributed by atoms with Crippen molar-refractivity contribution in [2.45, 2.75) is 0 Å². The first-order chi connectivity index (χ1) is 18.1. The van der Waals surface area contributed by atoms with Crippen molar-refractivity contribution >= 4 is 28.5 Å². The van der Waals surface area contributed by atoms with E-state index < -0.39 is 7.26 Å². The molecule has 0 spiro atoms. The maximum absolute atomic E-state index is 6.86. The summed E-state index contributed by atoms with van der Waals surface area (Å²) in [6, 6.07) is 43.8. The average molecular weight is 570 g/mol. The van der Waals surface area contributed by atoms with Crippen LogP contribution in [0.25, 0.3) is 41.8 Å². The van der Waals surface area contributed by atoms with E-state index in [1.54, 1.807) is 19.6 Å². The molecule has 0 saturated heterocycles. The molecule has 0 aliphatic carbocycles. The number of hydrogen-bond donors (Lipinski definition) is 4. The van der Waals surface area contributed by atoms with Crippen LogP contribution in [-0.4, -0.2) is 0 Å². The first-order valence-corrected chi connectivity index (χ1v) is 12.0. The average Bonchev–Trinajstić information content (AvgIpc) is 2.94. The molecule has 0 heterocycles. The van der Waals surface area contributed by atoms with Crippen LogP contribution < -0.4 is 21.2 Å². The predicted octanol–water partition coefficient (Wildman–Crippen LogP) is 7.81. The van der Waals surface area contributed by atoms with Crippen LogP contribution in [0.5, 0.6) is 0 Å². The van der Waals surface area contributed by atoms with Crippen molar-refractivity contribution in [1.82, 2.24) is 0 Å². The van der Waals surface area contributed by atoms with E-state index in [-0.39, 0.29) is 16.8 Å². The standard InChI is InChI=1S/C24H20P.Co.4HN3/c1-5-13-21(14-6-1)25(22-15-7-2-8-16-22,23-17-9-3-10-18-23)24-19-11-4-12-20-24;;4*1-3-2/h1-20H;;4*1H/q+1;;;;;. The number of hydrogen-bond acceptors (Lipinski definition) is 4. The van der Waals surface area contributed by atoms with Crippen LogP contribution in [0.3, 0.4) is 0 Å². The van der Waals surface area contributed by atoms with Crippen molar-refractivity contribution in [3.05, 3.63) is 163 Å². The van der Waals surface area contributed by atoms with E-state index in [1.807, 2.05) is 0 Å². The minimum absolute atomic E-state index is 0. The molecule has 4 aromatic carbocycles. The van der Waals surface area contributed by atoms with Crippen LogP contribution in [0.1, 0.15) is 0 Å². The van der Waals surface area contributed by atoms with Gasteiger partial charge in [0.15, 0.2) is 0 Å². The second-order valence-electron chi connectivity index (χ2n) is 6.41. The molecule has 193 valence electrons. The predicted molar refractivity (Wildman–Crippen MR) is 149 cm³/mol. The number of rotatable bonds is 4. The molecular formula is C24H24CoN12P+. The van der Waals surface area contributed by atoms with E-state index in [4.69, 9.17) is 44.2 Å². The summed E-state index contributed by atoms with van der Waals surface area (Å²) in [5, 5.41) is 5.55. The van der Waals surface area contributed by atoms with E-state index in [0.717, 1.165) is 0 Å². The fraction of sp³-hybridized carbons (Fsp3) is 0. The van der Waals surface area contributed by atoms with Crippen LogP contribution in [0.4, 0.5) is 0 Å². The van der Waals surface area contributed by atoms with Gasteiger partial charge >= 0.3 is 0 Å². The molecule has 38 heavy (non-hydrogen) atoms. The molecule has 0 aliphatic rings. The zero-order valence-electron chi connectivity index (χ0n) is 19.9. The largest absolute Gasteiger partial charge is 0.144 e. The Kier molecular flexibility index (Phi) is 20.9. The Labute approximate surface area is 230 Å². The Balaban J connectivity index is 0. The molecule has 0 fully saturated rings. The van der Waals surface area contributed by atoms with Gasteiger partial charge in [-0.15, -0.1) is 22.1 Å². The zero-order chi connectivity index (χ0) is 27.8. The molecule has 12 nitrogen and oxygen atoms in total. The summed E-state index contributed by atoms with van der Waals surface area (Å²) in [6.45, 7) is 0. The van der Waals surface area contributed by atoms with Gasteiger partial charge in [0.25, 0.3) is 0 Å². The summed E-state index contributed by atoms with van der Waals surface area (Å²) in [5.74, 6) is 0. The smallest absolute Gasteiger partial charge is 0.108 e. The van der Waals surface area contributed by atoms with Crippen molar-refractivity contribution in [3.63, 3.8) is 0 Å². The first kappa shape index (κ1) is 35.2. The molecule has 4 rings (SSSR count). The van der Waals surface area contributed by atoms with Gasteiger partial charge in [0.1, 0.15) is 28.5 Å². The van der Waals surface area contributed by atoms with Crippen LogP contribution >= 0.6 is 7.26 Å². The monoisotopic (exact) mass is 570 g/mol. The van der Waals surface area contributed by atoms with Gasteiger partial charge in [0.2, 0.25) is 0 Å². The molecule has 0 bridgehead atoms. The molecule has 14 heteroatoms. The Morgan fingerprint density at radius 2 is 0.500 bits per heavy atom. The van der Waals surface area contributed by atoms with E-state index in [2.05, 4.69) is 121 Å². The fourth-order valence-electron chi connectivity index (χ4n) is 3.50. The number of benzene rings is 4. The molecule has 0 aromatic heterocycles. The van der Waals surface area contributed by atoms with Crippen molar-refractivity contribution < 1.29 is 16.8 Å². The van der Waals surface area contributed by atoms with Crippen LogP contribution in [0.15, 0.2) is 121 Å². The minimum atomic E-state index is -1.91. The molecule has 0 unspecified atom stereocenters. The third kappa shape index (κ3) is 10.8. The molecule has 0 amide bonds. The number of nitrogens with zero attached hydrogens (tertiary/aromatic N) is 8. The van der Waals surface area contributed by atoms with Gasteiger partial charge < -0.3 is 0 Å². The molecule has 4 aromatic rings. The molecule has 0 atom stereocenters. The molecule has 1 radical (unpaired) electrons. The van der Waals surface area contributed by atoms with Crippen LogP contribution in [-0.2, 0) is 16.8 Å². The van der Waals surface area contributed by atoms with E-state index in [9.17, 15) is 0 Å². The molecule has 0 aliphatic heterocycles. The van der Waals surface area contributed by atoms with Gasteiger partial charge in [-0.25, -0.2) is 0 Å². The van der Waals surface area contributed by atoms with Crippen LogP contribution in [0.2, 0.25) is 0 Å². The summed E-state index contributed by atoms with van der Waals surface area (Å²) in [4.78, 5) is 7.00. The summed E-state index contributed by atoms with van der Waals surface area (Å²) < 4.78 is 0. The quantitative estimate of drug-likeness (QED) is 0.0794. The van der Waals surface area contributed by atoms with Gasteiger partial charge in [0.05, 0.1) is 0 Å². The Bertz CT molecular complexity index is 1090. The normalized spacial score (nSPS) is 8.21. The summed E-state index contributed by atoms with van der Waals surface area (Å²) >= 11 is 0. The van der Waals surface area contributed by atoms with Gasteiger partial charge in [-0.1, -0.05) is 72.8 Å². The van der Waals surface area contributed by atoms with Crippen molar-refractivity contribution in [3.8, 4) is 0 Å². The maximum Gasteiger partial charge on any atom is 0.144 e. The van der Waals surface area contributed by atoms with E-state index in [1.165, 1.54) is 21.2 Å². The van der Waals surface area contributed by atoms with E-state index >= 15 is 0 Å². The second-order valence-corrected chi connectivity index (χ2v) is 9.82. The summed E-state index contributed by atoms with van der Waals surface area (Å²) in [5.41, 5.74) is 49.0. The van der Waals surface area contributed by atoms with Crippen molar-refractivity contribution in [2.75, 3.05) is 0 Å². The minimum Gasteiger partial charge on any atom is -0.108 e.